The molecule has 2 N–H and O–H groups in total. The molecule has 0 atom stereocenters. The lowest BCUT2D eigenvalue weighted by atomic mass is 10.1. The quantitative estimate of drug-likeness (QED) is 0.905. The van der Waals surface area contributed by atoms with Crippen LogP contribution in [0.3, 0.4) is 0 Å². The van der Waals surface area contributed by atoms with Gasteiger partial charge in [-0.15, -0.1) is 0 Å². The lowest BCUT2D eigenvalue weighted by Crippen LogP contribution is -1.99. The van der Waals surface area contributed by atoms with E-state index in [9.17, 15) is 0 Å². The summed E-state index contributed by atoms with van der Waals surface area (Å²) in [6.07, 6.45) is 0. The molecule has 0 radical (unpaired) electrons. The number of halogens is 2. The molecule has 0 heterocycles. The molecule has 0 fully saturated rings. The summed E-state index contributed by atoms with van der Waals surface area (Å²) in [6, 6.07) is 12.9. The number of rotatable bonds is 4. The zero-order valence-electron chi connectivity index (χ0n) is 10.6. The smallest absolute Gasteiger partial charge is 0.134 e. The Kier molecular flexibility index (Phi) is 5.02. The topological polar surface area (TPSA) is 59.0 Å². The summed E-state index contributed by atoms with van der Waals surface area (Å²) in [5.74, 6) is 0.725. The zero-order valence-corrected chi connectivity index (χ0v) is 12.9. The Balaban J connectivity index is 2.11. The molecule has 0 bridgehead atoms. The zero-order chi connectivity index (χ0) is 14.5. The number of ether oxygens (including phenoxy) is 1. The fourth-order valence-corrected chi connectivity index (χ4v) is 2.45. The van der Waals surface area contributed by atoms with Crippen LogP contribution in [-0.2, 0) is 13.2 Å². The van der Waals surface area contributed by atoms with E-state index in [1.807, 2.05) is 24.3 Å². The highest BCUT2D eigenvalue weighted by Crippen LogP contribution is 2.27. The van der Waals surface area contributed by atoms with Gasteiger partial charge >= 0.3 is 0 Å². The van der Waals surface area contributed by atoms with Gasteiger partial charge in [0.05, 0.1) is 16.1 Å². The van der Waals surface area contributed by atoms with E-state index in [0.29, 0.717) is 23.7 Å². The van der Waals surface area contributed by atoms with Crippen LogP contribution in [0.5, 0.6) is 5.75 Å². The van der Waals surface area contributed by atoms with Crippen molar-refractivity contribution in [3.8, 4) is 11.8 Å². The number of hydrogen-bond acceptors (Lipinski definition) is 3. The Morgan fingerprint density at radius 2 is 2.05 bits per heavy atom. The minimum atomic E-state index is 0.338. The second-order valence-corrected chi connectivity index (χ2v) is 5.44. The van der Waals surface area contributed by atoms with Gasteiger partial charge in [0.15, 0.2) is 0 Å². The van der Waals surface area contributed by atoms with Crippen LogP contribution in [0.25, 0.3) is 0 Å². The van der Waals surface area contributed by atoms with Crippen LogP contribution >= 0.6 is 27.5 Å². The van der Waals surface area contributed by atoms with Crippen molar-refractivity contribution >= 4 is 27.5 Å². The van der Waals surface area contributed by atoms with Gasteiger partial charge in [0.2, 0.25) is 0 Å². The van der Waals surface area contributed by atoms with Gasteiger partial charge in [-0.05, 0) is 45.8 Å². The highest BCUT2D eigenvalue weighted by Gasteiger charge is 2.06. The van der Waals surface area contributed by atoms with E-state index in [1.165, 1.54) is 0 Å². The van der Waals surface area contributed by atoms with Crippen molar-refractivity contribution in [3.63, 3.8) is 0 Å². The number of nitriles is 1. The Bertz CT molecular complexity index is 667. The van der Waals surface area contributed by atoms with Crippen molar-refractivity contribution in [2.75, 3.05) is 0 Å². The fraction of sp³-hybridized carbons (Fsp3) is 0.133. The Morgan fingerprint density at radius 3 is 2.65 bits per heavy atom. The molecular weight excluding hydrogens is 340 g/mol. The first-order valence-electron chi connectivity index (χ1n) is 5.94. The normalized spacial score (nSPS) is 10.1. The van der Waals surface area contributed by atoms with E-state index < -0.39 is 0 Å². The maximum Gasteiger partial charge on any atom is 0.134 e. The molecule has 2 aromatic rings. The van der Waals surface area contributed by atoms with E-state index in [-0.39, 0.29) is 0 Å². The molecule has 5 heteroatoms. The van der Waals surface area contributed by atoms with Crippen LogP contribution in [0.1, 0.15) is 16.7 Å². The molecule has 0 unspecified atom stereocenters. The SMILES string of the molecule is N#Cc1ccc(COc2ccc(CN)cc2Br)c(Cl)c1. The van der Waals surface area contributed by atoms with Crippen molar-refractivity contribution in [1.82, 2.24) is 0 Å². The van der Waals surface area contributed by atoms with Crippen LogP contribution in [0.2, 0.25) is 5.02 Å². The van der Waals surface area contributed by atoms with Gasteiger partial charge < -0.3 is 10.5 Å². The predicted octanol–water partition coefficient (Wildman–Crippen LogP) is 4.01. The van der Waals surface area contributed by atoms with E-state index in [1.54, 1.807) is 18.2 Å². The first-order valence-corrected chi connectivity index (χ1v) is 7.11. The van der Waals surface area contributed by atoms with Crippen LogP contribution < -0.4 is 10.5 Å². The summed E-state index contributed by atoms with van der Waals surface area (Å²) in [5.41, 5.74) is 7.97. The third-order valence-electron chi connectivity index (χ3n) is 2.80. The number of nitrogens with zero attached hydrogens (tertiary/aromatic N) is 1. The molecule has 3 nitrogen and oxygen atoms in total. The van der Waals surface area contributed by atoms with E-state index >= 15 is 0 Å². The van der Waals surface area contributed by atoms with Gasteiger partial charge in [0.1, 0.15) is 12.4 Å². The molecule has 0 amide bonds. The standard InChI is InChI=1S/C15H12BrClN2O/c16-13-5-10(7-18)2-4-15(13)20-9-12-3-1-11(8-19)6-14(12)17/h1-6H,7,9,18H2. The summed E-state index contributed by atoms with van der Waals surface area (Å²) in [4.78, 5) is 0. The maximum atomic E-state index is 8.79. The van der Waals surface area contributed by atoms with Crippen molar-refractivity contribution in [1.29, 1.82) is 5.26 Å². The van der Waals surface area contributed by atoms with Crippen LogP contribution in [0.4, 0.5) is 0 Å². The average molecular weight is 352 g/mol. The van der Waals surface area contributed by atoms with Crippen molar-refractivity contribution < 1.29 is 4.74 Å². The van der Waals surface area contributed by atoms with Crippen LogP contribution in [0, 0.1) is 11.3 Å². The van der Waals surface area contributed by atoms with Gasteiger partial charge in [-0.2, -0.15) is 5.26 Å². The largest absolute Gasteiger partial charge is 0.488 e. The summed E-state index contributed by atoms with van der Waals surface area (Å²) < 4.78 is 6.57. The molecule has 102 valence electrons. The second-order valence-electron chi connectivity index (χ2n) is 4.18. The van der Waals surface area contributed by atoms with Crippen molar-refractivity contribution in [3.05, 3.63) is 62.6 Å². The van der Waals surface area contributed by atoms with E-state index in [4.69, 9.17) is 27.3 Å². The van der Waals surface area contributed by atoms with Gasteiger partial charge in [-0.25, -0.2) is 0 Å². The second kappa shape index (κ2) is 6.76. The van der Waals surface area contributed by atoms with E-state index in [2.05, 4.69) is 15.9 Å². The molecule has 0 aromatic heterocycles. The number of hydrogen-bond donors (Lipinski definition) is 1. The fourth-order valence-electron chi connectivity index (χ4n) is 1.68. The first kappa shape index (κ1) is 14.9. The number of benzene rings is 2. The molecule has 2 aromatic carbocycles. The molecule has 0 spiro atoms. The summed E-state index contributed by atoms with van der Waals surface area (Å²) >= 11 is 9.55. The molecule has 0 aliphatic heterocycles. The van der Waals surface area contributed by atoms with Gasteiger partial charge in [0.25, 0.3) is 0 Å². The molecule has 2 rings (SSSR count). The number of nitrogens with two attached hydrogens (primary N) is 1. The van der Waals surface area contributed by atoms with Gasteiger partial charge in [-0.3, -0.25) is 0 Å². The monoisotopic (exact) mass is 350 g/mol. The molecular formula is C15H12BrClN2O. The third-order valence-corrected chi connectivity index (χ3v) is 3.77. The minimum absolute atomic E-state index is 0.338. The van der Waals surface area contributed by atoms with Crippen LogP contribution in [-0.4, -0.2) is 0 Å². The molecule has 0 saturated carbocycles. The summed E-state index contributed by atoms with van der Waals surface area (Å²) in [7, 11) is 0. The molecule has 20 heavy (non-hydrogen) atoms. The Labute approximate surface area is 131 Å². The van der Waals surface area contributed by atoms with Gasteiger partial charge in [-0.1, -0.05) is 23.7 Å². The van der Waals surface area contributed by atoms with E-state index in [0.717, 1.165) is 21.3 Å². The highest BCUT2D eigenvalue weighted by atomic mass is 79.9. The third kappa shape index (κ3) is 3.51. The first-order chi connectivity index (χ1) is 9.63. The van der Waals surface area contributed by atoms with Crippen LogP contribution in [0.15, 0.2) is 40.9 Å². The van der Waals surface area contributed by atoms with Crippen molar-refractivity contribution in [2.45, 2.75) is 13.2 Å². The summed E-state index contributed by atoms with van der Waals surface area (Å²) in [6.45, 7) is 0.825. The lowest BCUT2D eigenvalue weighted by molar-refractivity contribution is 0.304. The Hall–Kier alpha value is -1.54. The summed E-state index contributed by atoms with van der Waals surface area (Å²) in [5, 5.41) is 9.32. The molecule has 0 aliphatic rings. The lowest BCUT2D eigenvalue weighted by Gasteiger charge is -2.10. The molecule has 0 saturated heterocycles. The highest BCUT2D eigenvalue weighted by molar-refractivity contribution is 9.10. The Morgan fingerprint density at radius 1 is 1.25 bits per heavy atom. The maximum absolute atomic E-state index is 8.79. The van der Waals surface area contributed by atoms with Crippen molar-refractivity contribution in [2.24, 2.45) is 5.73 Å². The minimum Gasteiger partial charge on any atom is -0.488 e. The van der Waals surface area contributed by atoms with Gasteiger partial charge in [0, 0.05) is 17.1 Å². The average Bonchev–Trinajstić information content (AvgIpc) is 2.46. The molecule has 0 aliphatic carbocycles. The predicted molar refractivity (Wildman–Crippen MR) is 82.5 cm³/mol.